The highest BCUT2D eigenvalue weighted by Crippen LogP contribution is 2.58. The van der Waals surface area contributed by atoms with Crippen molar-refractivity contribution in [3.05, 3.63) is 35.7 Å². The van der Waals surface area contributed by atoms with Gasteiger partial charge in [0.1, 0.15) is 11.6 Å². The van der Waals surface area contributed by atoms with Crippen molar-refractivity contribution in [2.75, 3.05) is 12.9 Å². The second kappa shape index (κ2) is 8.73. The number of carbonyl (C=O) groups is 1. The summed E-state index contributed by atoms with van der Waals surface area (Å²) in [6.07, 6.45) is 7.62. The SMILES string of the molecule is CCn1c(C)nnc1SCC(=O)N(Cc1cccc(OC)c1)C12CC3CC(CC(C3)C1)C2. The minimum Gasteiger partial charge on any atom is -0.497 e. The fourth-order valence-corrected chi connectivity index (χ4v) is 7.83. The van der Waals surface area contributed by atoms with Crippen LogP contribution >= 0.6 is 11.8 Å². The zero-order chi connectivity index (χ0) is 22.3. The van der Waals surface area contributed by atoms with Gasteiger partial charge in [-0.05, 0) is 87.8 Å². The highest BCUT2D eigenvalue weighted by Gasteiger charge is 2.54. The number of nitrogens with zero attached hydrogens (tertiary/aromatic N) is 4. The number of methoxy groups -OCH3 is 1. The van der Waals surface area contributed by atoms with Gasteiger partial charge in [0.15, 0.2) is 5.16 Å². The summed E-state index contributed by atoms with van der Waals surface area (Å²) in [7, 11) is 1.70. The fraction of sp³-hybridized carbons (Fsp3) is 0.640. The minimum atomic E-state index is 0.0177. The molecule has 4 aliphatic carbocycles. The van der Waals surface area contributed by atoms with E-state index in [1.807, 2.05) is 19.1 Å². The van der Waals surface area contributed by atoms with Gasteiger partial charge in [-0.2, -0.15) is 0 Å². The van der Waals surface area contributed by atoms with Crippen LogP contribution in [-0.2, 0) is 17.9 Å². The van der Waals surface area contributed by atoms with E-state index in [0.717, 1.165) is 46.6 Å². The van der Waals surface area contributed by atoms with E-state index in [4.69, 9.17) is 4.74 Å². The molecule has 1 aromatic carbocycles. The predicted molar refractivity (Wildman–Crippen MR) is 126 cm³/mol. The molecule has 0 spiro atoms. The number of amides is 1. The molecule has 0 aliphatic heterocycles. The lowest BCUT2D eigenvalue weighted by Gasteiger charge is -2.60. The van der Waals surface area contributed by atoms with Crippen molar-refractivity contribution in [3.63, 3.8) is 0 Å². The van der Waals surface area contributed by atoms with Crippen LogP contribution in [0.4, 0.5) is 0 Å². The fourth-order valence-electron chi connectivity index (χ4n) is 6.91. The topological polar surface area (TPSA) is 60.2 Å². The summed E-state index contributed by atoms with van der Waals surface area (Å²) in [5, 5.41) is 9.35. The van der Waals surface area contributed by atoms with Crippen molar-refractivity contribution in [3.8, 4) is 5.75 Å². The van der Waals surface area contributed by atoms with Crippen LogP contribution in [0.1, 0.15) is 56.8 Å². The standard InChI is InChI=1S/C25H34N4O2S/c1-4-28-17(2)26-27-24(28)32-16-23(30)29(15-18-6-5-7-22(11-18)31-3)25-12-19-8-20(13-25)10-21(9-19)14-25/h5-7,11,19-21H,4,8-10,12-16H2,1-3H3. The summed E-state index contributed by atoms with van der Waals surface area (Å²) in [6.45, 7) is 5.53. The number of hydrogen-bond acceptors (Lipinski definition) is 5. The zero-order valence-corrected chi connectivity index (χ0v) is 20.2. The first kappa shape index (κ1) is 21.8. The zero-order valence-electron chi connectivity index (χ0n) is 19.4. The monoisotopic (exact) mass is 454 g/mol. The quantitative estimate of drug-likeness (QED) is 0.541. The third-order valence-corrected chi connectivity index (χ3v) is 8.85. The number of thioether (sulfide) groups is 1. The van der Waals surface area contributed by atoms with Crippen LogP contribution in [-0.4, -0.2) is 44.0 Å². The van der Waals surface area contributed by atoms with E-state index in [1.165, 1.54) is 50.3 Å². The van der Waals surface area contributed by atoms with Gasteiger partial charge in [0.25, 0.3) is 0 Å². The van der Waals surface area contributed by atoms with Gasteiger partial charge in [-0.25, -0.2) is 0 Å². The highest BCUT2D eigenvalue weighted by molar-refractivity contribution is 7.99. The molecule has 6 rings (SSSR count). The molecule has 1 amide bonds. The molecule has 4 bridgehead atoms. The van der Waals surface area contributed by atoms with E-state index in [2.05, 4.69) is 38.7 Å². The summed E-state index contributed by atoms with van der Waals surface area (Å²) in [5.74, 6) is 4.76. The number of hydrogen-bond donors (Lipinski definition) is 0. The molecule has 6 nitrogen and oxygen atoms in total. The molecular weight excluding hydrogens is 420 g/mol. The number of benzene rings is 1. The summed E-state index contributed by atoms with van der Waals surface area (Å²) < 4.78 is 7.53. The van der Waals surface area contributed by atoms with Crippen LogP contribution in [0.5, 0.6) is 5.75 Å². The maximum atomic E-state index is 13.8. The van der Waals surface area contributed by atoms with Crippen molar-refractivity contribution >= 4 is 17.7 Å². The molecule has 0 unspecified atom stereocenters. The van der Waals surface area contributed by atoms with Gasteiger partial charge in [-0.3, -0.25) is 4.79 Å². The number of carbonyl (C=O) groups excluding carboxylic acids is 1. The Kier molecular flexibility index (Phi) is 5.95. The Morgan fingerprint density at radius 1 is 1.19 bits per heavy atom. The van der Waals surface area contributed by atoms with E-state index < -0.39 is 0 Å². The molecule has 172 valence electrons. The summed E-state index contributed by atoms with van der Waals surface area (Å²) in [4.78, 5) is 16.1. The lowest BCUT2D eigenvalue weighted by Crippen LogP contribution is -2.61. The molecule has 7 heteroatoms. The molecule has 1 heterocycles. The third-order valence-electron chi connectivity index (χ3n) is 7.90. The molecule has 4 aliphatic rings. The molecule has 0 N–H and O–H groups in total. The first-order valence-electron chi connectivity index (χ1n) is 12.0. The van der Waals surface area contributed by atoms with Crippen LogP contribution in [0.3, 0.4) is 0 Å². The van der Waals surface area contributed by atoms with Crippen molar-refractivity contribution in [2.45, 2.75) is 76.2 Å². The van der Waals surface area contributed by atoms with E-state index in [-0.39, 0.29) is 11.4 Å². The molecule has 0 radical (unpaired) electrons. The Morgan fingerprint density at radius 3 is 2.50 bits per heavy atom. The van der Waals surface area contributed by atoms with Crippen LogP contribution in [0.2, 0.25) is 0 Å². The lowest BCUT2D eigenvalue weighted by atomic mass is 9.52. The maximum absolute atomic E-state index is 13.8. The van der Waals surface area contributed by atoms with Gasteiger partial charge in [0.05, 0.1) is 12.9 Å². The number of ether oxygens (including phenoxy) is 1. The summed E-state index contributed by atoms with van der Waals surface area (Å²) in [5.41, 5.74) is 1.16. The second-order valence-electron chi connectivity index (χ2n) is 10.0. The molecular formula is C25H34N4O2S. The van der Waals surface area contributed by atoms with Gasteiger partial charge in [-0.1, -0.05) is 23.9 Å². The maximum Gasteiger partial charge on any atom is 0.233 e. The minimum absolute atomic E-state index is 0.0177. The highest BCUT2D eigenvalue weighted by atomic mass is 32.2. The molecule has 4 fully saturated rings. The first-order valence-corrected chi connectivity index (χ1v) is 12.9. The average Bonchev–Trinajstić information content (AvgIpc) is 3.14. The van der Waals surface area contributed by atoms with E-state index >= 15 is 0 Å². The molecule has 4 saturated carbocycles. The van der Waals surface area contributed by atoms with Gasteiger partial charge in [0, 0.05) is 18.6 Å². The Bertz CT molecular complexity index is 953. The van der Waals surface area contributed by atoms with Crippen molar-refractivity contribution in [2.24, 2.45) is 17.8 Å². The van der Waals surface area contributed by atoms with Crippen molar-refractivity contribution in [1.29, 1.82) is 0 Å². The van der Waals surface area contributed by atoms with Crippen LogP contribution in [0, 0.1) is 24.7 Å². The molecule has 0 saturated heterocycles. The Labute approximate surface area is 195 Å². The molecule has 32 heavy (non-hydrogen) atoms. The summed E-state index contributed by atoms with van der Waals surface area (Å²) >= 11 is 1.52. The number of aryl methyl sites for hydroxylation is 1. The smallest absolute Gasteiger partial charge is 0.233 e. The first-order chi connectivity index (χ1) is 15.5. The molecule has 0 atom stereocenters. The Hall–Kier alpha value is -2.02. The third kappa shape index (κ3) is 4.04. The largest absolute Gasteiger partial charge is 0.497 e. The Morgan fingerprint density at radius 2 is 1.88 bits per heavy atom. The van der Waals surface area contributed by atoms with Gasteiger partial charge in [-0.15, -0.1) is 10.2 Å². The average molecular weight is 455 g/mol. The van der Waals surface area contributed by atoms with Crippen LogP contribution < -0.4 is 4.74 Å². The van der Waals surface area contributed by atoms with Gasteiger partial charge in [0.2, 0.25) is 5.91 Å². The van der Waals surface area contributed by atoms with Crippen LogP contribution in [0.25, 0.3) is 0 Å². The molecule has 1 aromatic heterocycles. The van der Waals surface area contributed by atoms with E-state index in [0.29, 0.717) is 12.3 Å². The van der Waals surface area contributed by atoms with Crippen molar-refractivity contribution < 1.29 is 9.53 Å². The van der Waals surface area contributed by atoms with Gasteiger partial charge >= 0.3 is 0 Å². The van der Waals surface area contributed by atoms with E-state index in [1.54, 1.807) is 7.11 Å². The van der Waals surface area contributed by atoms with Gasteiger partial charge < -0.3 is 14.2 Å². The lowest BCUT2D eigenvalue weighted by molar-refractivity contribution is -0.149. The number of aromatic nitrogens is 3. The second-order valence-corrected chi connectivity index (χ2v) is 11.0. The van der Waals surface area contributed by atoms with Crippen molar-refractivity contribution in [1.82, 2.24) is 19.7 Å². The van der Waals surface area contributed by atoms with E-state index in [9.17, 15) is 4.79 Å². The number of rotatable bonds is 8. The van der Waals surface area contributed by atoms with Crippen LogP contribution in [0.15, 0.2) is 29.4 Å². The normalized spacial score (nSPS) is 28.2. The predicted octanol–water partition coefficient (Wildman–Crippen LogP) is 4.70. The Balaban J connectivity index is 1.40. The molecule has 2 aromatic rings. The summed E-state index contributed by atoms with van der Waals surface area (Å²) in [6, 6.07) is 8.19.